The molecule has 18 heteroatoms. The Hall–Kier alpha value is 0.810. The van der Waals surface area contributed by atoms with Crippen LogP contribution in [0.2, 0.25) is 0 Å². The van der Waals surface area contributed by atoms with E-state index in [-0.39, 0.29) is 0 Å². The number of carbonyl (C=O) groups is 1. The van der Waals surface area contributed by atoms with Gasteiger partial charge in [-0.05, 0) is 0 Å². The van der Waals surface area contributed by atoms with Crippen LogP contribution in [0.15, 0.2) is 0 Å². The Labute approximate surface area is 248 Å². The summed E-state index contributed by atoms with van der Waals surface area (Å²) in [6.45, 7) is -1.35. The van der Waals surface area contributed by atoms with Crippen molar-refractivity contribution in [3.63, 3.8) is 0 Å². The van der Waals surface area contributed by atoms with Gasteiger partial charge in [0.1, 0.15) is 43.2 Å². The Morgan fingerprint density at radius 3 is 1.55 bits per heavy atom. The predicted octanol–water partition coefficient (Wildman–Crippen LogP) is -1.18. The fourth-order valence-electron chi connectivity index (χ4n) is 4.01. The van der Waals surface area contributed by atoms with Crippen LogP contribution in [-0.2, 0) is 23.7 Å². The standard InChI is InChI=1S/C14H24O12.C6H6Cl6/c1-5(18)23-12-9(20)7(3-16)25-14(12,4-17)26-13-11(22)10(21)8(19)6(2-15)24-13;7-1-2(8)4(10)6(12)5(11)3(1)9/h6-13,15-17,19-22H,2-4H2,1H3;1-6H/t6-,7-,8-,9-,10+,11-,12+,13-,14+;/m1./s1. The van der Waals surface area contributed by atoms with Gasteiger partial charge in [0.05, 0.1) is 45.5 Å². The molecule has 0 aromatic rings. The predicted molar refractivity (Wildman–Crippen MR) is 136 cm³/mol. The van der Waals surface area contributed by atoms with Gasteiger partial charge < -0.3 is 54.7 Å². The van der Waals surface area contributed by atoms with Crippen LogP contribution in [0.1, 0.15) is 6.92 Å². The molecule has 7 N–H and O–H groups in total. The number of ether oxygens (including phenoxy) is 4. The van der Waals surface area contributed by atoms with E-state index in [0.29, 0.717) is 0 Å². The number of aliphatic hydroxyl groups excluding tert-OH is 7. The molecule has 12 nitrogen and oxygen atoms in total. The van der Waals surface area contributed by atoms with Gasteiger partial charge in [0.2, 0.25) is 5.79 Å². The van der Waals surface area contributed by atoms with Crippen LogP contribution < -0.4 is 0 Å². The highest BCUT2D eigenvalue weighted by molar-refractivity contribution is 6.45. The van der Waals surface area contributed by atoms with E-state index in [4.69, 9.17) is 88.6 Å². The maximum Gasteiger partial charge on any atom is 0.303 e. The number of alkyl halides is 6. The number of rotatable bonds is 6. The highest BCUT2D eigenvalue weighted by atomic mass is 35.5. The first-order valence-corrected chi connectivity index (χ1v) is 13.9. The minimum absolute atomic E-state index is 0.437. The zero-order chi connectivity index (χ0) is 29.1. The summed E-state index contributed by atoms with van der Waals surface area (Å²) in [5, 5.41) is 65.4. The molecule has 3 aliphatic rings. The van der Waals surface area contributed by atoms with E-state index in [9.17, 15) is 40.5 Å². The zero-order valence-corrected chi connectivity index (χ0v) is 24.2. The fourth-order valence-corrected chi connectivity index (χ4v) is 6.33. The van der Waals surface area contributed by atoms with Crippen molar-refractivity contribution in [1.29, 1.82) is 0 Å². The molecule has 0 aromatic heterocycles. The molecule has 2 aliphatic heterocycles. The normalized spacial score (nSPS) is 49.2. The molecule has 224 valence electrons. The monoisotopic (exact) mass is 672 g/mol. The van der Waals surface area contributed by atoms with Gasteiger partial charge in [-0.25, -0.2) is 0 Å². The van der Waals surface area contributed by atoms with Crippen LogP contribution in [-0.4, -0.2) is 149 Å². The second-order valence-electron chi connectivity index (χ2n) is 8.81. The first-order chi connectivity index (χ1) is 17.7. The van der Waals surface area contributed by atoms with Gasteiger partial charge in [0.25, 0.3) is 0 Å². The summed E-state index contributed by atoms with van der Waals surface area (Å²) >= 11 is 35.3. The SMILES string of the molecule is CC(=O)O[C@H]1[C@H](O)[C@@H](CO)O[C@@]1(CO)O[C@H]1O[C@H](CO)[C@@H](O)[C@H](O)[C@H]1O.ClC1C(Cl)C(Cl)C(Cl)C(Cl)C1Cl. The molecule has 0 spiro atoms. The van der Waals surface area contributed by atoms with Crippen LogP contribution in [0.25, 0.3) is 0 Å². The molecule has 0 bridgehead atoms. The first kappa shape index (κ1) is 35.0. The Morgan fingerprint density at radius 2 is 1.18 bits per heavy atom. The van der Waals surface area contributed by atoms with Crippen molar-refractivity contribution >= 4 is 75.6 Å². The highest BCUT2D eigenvalue weighted by Gasteiger charge is 2.60. The minimum Gasteiger partial charge on any atom is -0.454 e. The molecule has 3 fully saturated rings. The molecule has 38 heavy (non-hydrogen) atoms. The number of esters is 1. The number of carbonyl (C=O) groups excluding carboxylic acids is 1. The van der Waals surface area contributed by atoms with Gasteiger partial charge in [-0.1, -0.05) is 0 Å². The van der Waals surface area contributed by atoms with Gasteiger partial charge in [-0.3, -0.25) is 4.79 Å². The third-order valence-corrected chi connectivity index (χ3v) is 10.2. The Balaban J connectivity index is 0.000000352. The summed E-state index contributed by atoms with van der Waals surface area (Å²) in [5.74, 6) is -3.07. The van der Waals surface area contributed by atoms with Gasteiger partial charge in [0.15, 0.2) is 12.4 Å². The number of aliphatic hydroxyl groups is 7. The molecular weight excluding hydrogens is 645 g/mol. The lowest BCUT2D eigenvalue weighted by atomic mass is 9.97. The van der Waals surface area contributed by atoms with E-state index < -0.39 is 113 Å². The average Bonchev–Trinajstić information content (AvgIpc) is 3.16. The number of halogens is 6. The lowest BCUT2D eigenvalue weighted by molar-refractivity contribution is -0.383. The molecule has 1 saturated carbocycles. The van der Waals surface area contributed by atoms with Crippen molar-refractivity contribution in [2.24, 2.45) is 0 Å². The van der Waals surface area contributed by atoms with Crippen molar-refractivity contribution < 1.29 is 59.5 Å². The topological polar surface area (TPSA) is 196 Å². The van der Waals surface area contributed by atoms with Crippen LogP contribution in [0.3, 0.4) is 0 Å². The van der Waals surface area contributed by atoms with Gasteiger partial charge in [-0.2, -0.15) is 0 Å². The fraction of sp³-hybridized carbons (Fsp3) is 0.950. The van der Waals surface area contributed by atoms with Crippen LogP contribution in [0, 0.1) is 0 Å². The van der Waals surface area contributed by atoms with E-state index in [1.165, 1.54) is 0 Å². The van der Waals surface area contributed by atoms with Gasteiger partial charge in [-0.15, -0.1) is 69.6 Å². The molecule has 9 atom stereocenters. The van der Waals surface area contributed by atoms with E-state index in [0.717, 1.165) is 6.92 Å². The Bertz CT molecular complexity index is 713. The Morgan fingerprint density at radius 1 is 0.737 bits per heavy atom. The molecule has 0 radical (unpaired) electrons. The van der Waals surface area contributed by atoms with E-state index in [1.54, 1.807) is 0 Å². The lowest BCUT2D eigenvalue weighted by Crippen LogP contribution is -2.63. The maximum absolute atomic E-state index is 11.3. The van der Waals surface area contributed by atoms with Gasteiger partial charge >= 0.3 is 5.97 Å². The molecule has 0 unspecified atom stereocenters. The molecule has 2 heterocycles. The third kappa shape index (κ3) is 7.41. The lowest BCUT2D eigenvalue weighted by Gasteiger charge is -2.43. The Kier molecular flexibility index (Phi) is 13.6. The van der Waals surface area contributed by atoms with E-state index in [2.05, 4.69) is 0 Å². The summed E-state index contributed by atoms with van der Waals surface area (Å²) in [4.78, 5) is 11.3. The van der Waals surface area contributed by atoms with Crippen molar-refractivity contribution in [2.75, 3.05) is 19.8 Å². The number of hydrogen-bond donors (Lipinski definition) is 7. The summed E-state index contributed by atoms with van der Waals surface area (Å²) in [5.41, 5.74) is 0. The van der Waals surface area contributed by atoms with E-state index in [1.807, 2.05) is 0 Å². The quantitative estimate of drug-likeness (QED) is 0.132. The largest absolute Gasteiger partial charge is 0.454 e. The van der Waals surface area contributed by atoms with Crippen LogP contribution in [0.4, 0.5) is 0 Å². The minimum atomic E-state index is -2.23. The zero-order valence-electron chi connectivity index (χ0n) is 19.6. The van der Waals surface area contributed by atoms with Crippen LogP contribution >= 0.6 is 69.6 Å². The van der Waals surface area contributed by atoms with Crippen molar-refractivity contribution in [3.8, 4) is 0 Å². The summed E-state index contributed by atoms with van der Waals surface area (Å²) < 4.78 is 20.8. The molecule has 0 aromatic carbocycles. The molecule has 3 rings (SSSR count). The summed E-state index contributed by atoms with van der Waals surface area (Å²) in [6, 6.07) is 0. The molecular formula is C20H30Cl6O12. The molecule has 2 saturated heterocycles. The highest BCUT2D eigenvalue weighted by Crippen LogP contribution is 2.40. The average molecular weight is 675 g/mol. The summed E-state index contributed by atoms with van der Waals surface area (Å²) in [6.07, 6.45) is -12.7. The summed E-state index contributed by atoms with van der Waals surface area (Å²) in [7, 11) is 0. The molecule has 0 amide bonds. The van der Waals surface area contributed by atoms with Gasteiger partial charge in [0, 0.05) is 6.92 Å². The smallest absolute Gasteiger partial charge is 0.303 e. The number of hydrogen-bond acceptors (Lipinski definition) is 12. The van der Waals surface area contributed by atoms with Crippen molar-refractivity contribution in [1.82, 2.24) is 0 Å². The first-order valence-electron chi connectivity index (χ1n) is 11.2. The molecule has 1 aliphatic carbocycles. The van der Waals surface area contributed by atoms with Crippen molar-refractivity contribution in [2.45, 2.75) is 94.0 Å². The maximum atomic E-state index is 11.3. The third-order valence-electron chi connectivity index (χ3n) is 6.16. The second-order valence-corrected chi connectivity index (χ2v) is 11.8. The second kappa shape index (κ2) is 14.8. The van der Waals surface area contributed by atoms with Crippen LogP contribution in [0.5, 0.6) is 0 Å². The van der Waals surface area contributed by atoms with Crippen molar-refractivity contribution in [3.05, 3.63) is 0 Å². The van der Waals surface area contributed by atoms with E-state index >= 15 is 0 Å².